The van der Waals surface area contributed by atoms with E-state index in [9.17, 15) is 9.59 Å². The van der Waals surface area contributed by atoms with Crippen molar-refractivity contribution in [1.82, 2.24) is 4.90 Å². The van der Waals surface area contributed by atoms with E-state index in [0.29, 0.717) is 49.4 Å². The van der Waals surface area contributed by atoms with E-state index in [0.717, 1.165) is 15.6 Å². The highest BCUT2D eigenvalue weighted by molar-refractivity contribution is 9.10. The number of piperidine rings is 1. The van der Waals surface area contributed by atoms with Crippen molar-refractivity contribution in [2.75, 3.05) is 13.1 Å². The second-order valence-electron chi connectivity index (χ2n) is 8.36. The number of halogens is 1. The average Bonchev–Trinajstić information content (AvgIpc) is 2.71. The fourth-order valence-corrected chi connectivity index (χ4v) is 4.45. The Bertz CT molecular complexity index is 977. The number of rotatable bonds is 3. The van der Waals surface area contributed by atoms with Gasteiger partial charge in [0.2, 0.25) is 0 Å². The van der Waals surface area contributed by atoms with Gasteiger partial charge in [0, 0.05) is 30.4 Å². The van der Waals surface area contributed by atoms with Crippen molar-refractivity contribution in [3.63, 3.8) is 0 Å². The van der Waals surface area contributed by atoms with Crippen LogP contribution in [-0.2, 0) is 4.79 Å². The number of carbonyl (C=O) groups excluding carboxylic acids is 2. The van der Waals surface area contributed by atoms with E-state index in [1.807, 2.05) is 55.1 Å². The van der Waals surface area contributed by atoms with Crippen molar-refractivity contribution in [2.24, 2.45) is 0 Å². The molecular formula is C24H26BrNO4. The Morgan fingerprint density at radius 1 is 1.13 bits per heavy atom. The van der Waals surface area contributed by atoms with E-state index in [4.69, 9.17) is 9.47 Å². The lowest BCUT2D eigenvalue weighted by Crippen LogP contribution is -2.54. The van der Waals surface area contributed by atoms with Crippen molar-refractivity contribution >= 4 is 27.6 Å². The number of ether oxygens (including phenoxy) is 2. The Kier molecular flexibility index (Phi) is 5.62. The van der Waals surface area contributed by atoms with Gasteiger partial charge in [-0.2, -0.15) is 0 Å². The Balaban J connectivity index is 1.40. The van der Waals surface area contributed by atoms with Gasteiger partial charge < -0.3 is 14.4 Å². The van der Waals surface area contributed by atoms with Crippen LogP contribution in [0.3, 0.4) is 0 Å². The molecule has 0 N–H and O–H groups in total. The number of likely N-dealkylation sites (tertiary alicyclic amines) is 1. The number of Topliss-reactive ketones (excluding diaryl/α,β-unsaturated/α-hetero) is 1. The number of hydrogen-bond acceptors (Lipinski definition) is 4. The summed E-state index contributed by atoms with van der Waals surface area (Å²) in [5.74, 6) is 1.44. The molecule has 158 valence electrons. The molecule has 2 aliphatic heterocycles. The molecule has 2 aliphatic rings. The number of amides is 1. The predicted molar refractivity (Wildman–Crippen MR) is 118 cm³/mol. The minimum absolute atomic E-state index is 0.0400. The summed E-state index contributed by atoms with van der Waals surface area (Å²) >= 11 is 3.39. The number of hydrogen-bond donors (Lipinski definition) is 0. The molecule has 5 nitrogen and oxygen atoms in total. The monoisotopic (exact) mass is 471 g/mol. The van der Waals surface area contributed by atoms with Gasteiger partial charge in [0.25, 0.3) is 5.91 Å². The number of ketones is 1. The Hall–Kier alpha value is -2.34. The molecule has 30 heavy (non-hydrogen) atoms. The quantitative estimate of drug-likeness (QED) is 0.641. The van der Waals surface area contributed by atoms with Crippen molar-refractivity contribution < 1.29 is 19.1 Å². The summed E-state index contributed by atoms with van der Waals surface area (Å²) in [6, 6.07) is 11.3. The van der Waals surface area contributed by atoms with Gasteiger partial charge in [-0.1, -0.05) is 15.9 Å². The third kappa shape index (κ3) is 4.10. The number of benzene rings is 2. The average molecular weight is 472 g/mol. The number of carbonyl (C=O) groups is 2. The van der Waals surface area contributed by atoms with Gasteiger partial charge in [-0.15, -0.1) is 0 Å². The molecule has 1 amide bonds. The van der Waals surface area contributed by atoms with Crippen LogP contribution in [0.25, 0.3) is 0 Å². The summed E-state index contributed by atoms with van der Waals surface area (Å²) in [5.41, 5.74) is 2.38. The van der Waals surface area contributed by atoms with Crippen molar-refractivity contribution in [3.8, 4) is 11.5 Å². The van der Waals surface area contributed by atoms with Crippen molar-refractivity contribution in [2.45, 2.75) is 51.7 Å². The normalized spacial score (nSPS) is 18.5. The molecule has 1 saturated heterocycles. The van der Waals surface area contributed by atoms with Crippen LogP contribution in [0.5, 0.6) is 11.5 Å². The zero-order valence-corrected chi connectivity index (χ0v) is 19.1. The fraction of sp³-hybridized carbons (Fsp3) is 0.417. The summed E-state index contributed by atoms with van der Waals surface area (Å²) in [4.78, 5) is 27.5. The van der Waals surface area contributed by atoms with Crippen molar-refractivity contribution in [3.05, 3.63) is 57.6 Å². The standard InChI is InChI=1S/C24H26BrNO4/c1-15-12-20-21(27)14-24(30-22(20)13-16(15)2)8-10-26(11-9-24)23(28)17(3)29-19-6-4-18(25)5-7-19/h4-7,12-13,17H,8-11,14H2,1-3H3. The molecule has 1 fully saturated rings. The topological polar surface area (TPSA) is 55.8 Å². The maximum absolute atomic E-state index is 12.9. The van der Waals surface area contributed by atoms with Gasteiger partial charge >= 0.3 is 0 Å². The summed E-state index contributed by atoms with van der Waals surface area (Å²) in [6.07, 6.45) is 1.08. The van der Waals surface area contributed by atoms with Gasteiger partial charge in [-0.05, 0) is 68.3 Å². The molecule has 2 aromatic carbocycles. The van der Waals surface area contributed by atoms with Gasteiger partial charge in [0.1, 0.15) is 17.1 Å². The third-order valence-corrected chi connectivity index (χ3v) is 6.69. The van der Waals surface area contributed by atoms with Crippen LogP contribution in [-0.4, -0.2) is 41.4 Å². The van der Waals surface area contributed by atoms with E-state index in [1.54, 1.807) is 6.92 Å². The second-order valence-corrected chi connectivity index (χ2v) is 9.27. The molecule has 0 aliphatic carbocycles. The van der Waals surface area contributed by atoms with Gasteiger partial charge in [-0.3, -0.25) is 9.59 Å². The zero-order chi connectivity index (χ0) is 21.5. The largest absolute Gasteiger partial charge is 0.486 e. The molecule has 0 aromatic heterocycles. The molecular weight excluding hydrogens is 446 g/mol. The van der Waals surface area contributed by atoms with Crippen LogP contribution in [0.15, 0.2) is 40.9 Å². The maximum atomic E-state index is 12.9. The first-order valence-electron chi connectivity index (χ1n) is 10.3. The molecule has 1 atom stereocenters. The number of nitrogens with zero attached hydrogens (tertiary/aromatic N) is 1. The van der Waals surface area contributed by atoms with E-state index in [2.05, 4.69) is 15.9 Å². The first kappa shape index (κ1) is 20.9. The van der Waals surface area contributed by atoms with Gasteiger partial charge in [0.15, 0.2) is 11.9 Å². The lowest BCUT2D eigenvalue weighted by molar-refractivity contribution is -0.141. The van der Waals surface area contributed by atoms with Gasteiger partial charge in [-0.25, -0.2) is 0 Å². The SMILES string of the molecule is Cc1cc2c(cc1C)C(=O)CC1(CCN(C(=O)C(C)Oc3ccc(Br)cc3)CC1)O2. The number of aryl methyl sites for hydroxylation is 2. The Labute approximate surface area is 185 Å². The highest BCUT2D eigenvalue weighted by Gasteiger charge is 2.44. The smallest absolute Gasteiger partial charge is 0.263 e. The molecule has 2 heterocycles. The fourth-order valence-electron chi connectivity index (χ4n) is 4.19. The highest BCUT2D eigenvalue weighted by Crippen LogP contribution is 2.40. The van der Waals surface area contributed by atoms with Crippen LogP contribution < -0.4 is 9.47 Å². The Morgan fingerprint density at radius 2 is 1.77 bits per heavy atom. The van der Waals surface area contributed by atoms with Crippen LogP contribution >= 0.6 is 15.9 Å². The van der Waals surface area contributed by atoms with E-state index < -0.39 is 11.7 Å². The first-order chi connectivity index (χ1) is 14.3. The highest BCUT2D eigenvalue weighted by atomic mass is 79.9. The third-order valence-electron chi connectivity index (χ3n) is 6.17. The van der Waals surface area contributed by atoms with E-state index in [-0.39, 0.29) is 11.7 Å². The minimum atomic E-state index is -0.569. The van der Waals surface area contributed by atoms with Crippen LogP contribution in [0, 0.1) is 13.8 Å². The summed E-state index contributed by atoms with van der Waals surface area (Å²) in [6.45, 7) is 6.92. The van der Waals surface area contributed by atoms with E-state index in [1.165, 1.54) is 0 Å². The van der Waals surface area contributed by atoms with E-state index >= 15 is 0 Å². The first-order valence-corrected chi connectivity index (χ1v) is 11.1. The van der Waals surface area contributed by atoms with Gasteiger partial charge in [0.05, 0.1) is 12.0 Å². The van der Waals surface area contributed by atoms with Crippen LogP contribution in [0.1, 0.15) is 47.7 Å². The molecule has 0 bridgehead atoms. The van der Waals surface area contributed by atoms with Crippen LogP contribution in [0.4, 0.5) is 0 Å². The molecule has 6 heteroatoms. The predicted octanol–water partition coefficient (Wildman–Crippen LogP) is 4.86. The van der Waals surface area contributed by atoms with Crippen molar-refractivity contribution in [1.29, 1.82) is 0 Å². The molecule has 0 saturated carbocycles. The second kappa shape index (κ2) is 8.06. The lowest BCUT2D eigenvalue weighted by atomic mass is 9.82. The number of fused-ring (bicyclic) bond motifs is 1. The summed E-state index contributed by atoms with van der Waals surface area (Å²) in [7, 11) is 0. The molecule has 1 unspecified atom stereocenters. The molecule has 0 radical (unpaired) electrons. The molecule has 1 spiro atoms. The summed E-state index contributed by atoms with van der Waals surface area (Å²) < 4.78 is 13.1. The molecule has 2 aromatic rings. The summed E-state index contributed by atoms with van der Waals surface area (Å²) in [5, 5.41) is 0. The maximum Gasteiger partial charge on any atom is 0.263 e. The molecule has 4 rings (SSSR count). The lowest BCUT2D eigenvalue weighted by Gasteiger charge is -2.44. The minimum Gasteiger partial charge on any atom is -0.486 e. The Morgan fingerprint density at radius 3 is 2.43 bits per heavy atom. The zero-order valence-electron chi connectivity index (χ0n) is 17.5. The van der Waals surface area contributed by atoms with Crippen LogP contribution in [0.2, 0.25) is 0 Å².